The van der Waals surface area contributed by atoms with Crippen LogP contribution in [0.3, 0.4) is 0 Å². The van der Waals surface area contributed by atoms with Crippen molar-refractivity contribution >= 4 is 33.8 Å². The van der Waals surface area contributed by atoms with Crippen molar-refractivity contribution in [2.24, 2.45) is 0 Å². The minimum absolute atomic E-state index is 0. The van der Waals surface area contributed by atoms with E-state index in [0.29, 0.717) is 38.4 Å². The van der Waals surface area contributed by atoms with Crippen molar-refractivity contribution in [2.75, 3.05) is 31.1 Å². The fraction of sp³-hybridized carbons (Fsp3) is 0.208. The monoisotopic (exact) mass is 461 g/mol. The number of benzene rings is 1. The van der Waals surface area contributed by atoms with E-state index in [4.69, 9.17) is 4.42 Å². The van der Waals surface area contributed by atoms with E-state index in [1.165, 1.54) is 11.3 Å². The van der Waals surface area contributed by atoms with E-state index < -0.39 is 0 Å². The summed E-state index contributed by atoms with van der Waals surface area (Å²) in [6, 6.07) is 15.3. The molecule has 8 nitrogen and oxygen atoms in total. The Morgan fingerprint density at radius 3 is 2.55 bits per heavy atom. The van der Waals surface area contributed by atoms with Gasteiger partial charge in [0.15, 0.2) is 0 Å². The molecule has 0 atom stereocenters. The number of anilines is 1. The molecule has 1 fully saturated rings. The first-order valence-corrected chi connectivity index (χ1v) is 11.2. The molecular formula is C24H23N5O3S. The lowest BCUT2D eigenvalue weighted by Crippen LogP contribution is -2.49. The normalized spacial score (nSPS) is 13.5. The smallest absolute Gasteiger partial charge is 0.271 e. The van der Waals surface area contributed by atoms with Crippen LogP contribution in [0.4, 0.5) is 5.69 Å². The number of carbonyl (C=O) groups is 1. The van der Waals surface area contributed by atoms with Gasteiger partial charge in [-0.15, -0.1) is 11.3 Å². The number of nitriles is 1. The number of para-hydroxylation sites is 1. The predicted octanol–water partition coefficient (Wildman–Crippen LogP) is 3.70. The Bertz CT molecular complexity index is 1360. The second kappa shape index (κ2) is 9.32. The van der Waals surface area contributed by atoms with Crippen LogP contribution in [0, 0.1) is 11.3 Å². The molecule has 1 aromatic carbocycles. The topological polar surface area (TPSA) is 117 Å². The van der Waals surface area contributed by atoms with Gasteiger partial charge in [0.2, 0.25) is 0 Å². The highest BCUT2D eigenvalue weighted by Crippen LogP contribution is 2.30. The number of furan rings is 1. The molecule has 4 heterocycles. The van der Waals surface area contributed by atoms with E-state index in [0.717, 1.165) is 21.3 Å². The first-order valence-electron chi connectivity index (χ1n) is 10.3. The molecule has 1 aliphatic heterocycles. The summed E-state index contributed by atoms with van der Waals surface area (Å²) in [5, 5.41) is 12.7. The fourth-order valence-corrected chi connectivity index (χ4v) is 4.92. The quantitative estimate of drug-likeness (QED) is 0.495. The van der Waals surface area contributed by atoms with Gasteiger partial charge in [-0.2, -0.15) is 5.26 Å². The van der Waals surface area contributed by atoms with Crippen molar-refractivity contribution in [1.82, 2.24) is 15.6 Å². The summed E-state index contributed by atoms with van der Waals surface area (Å²) in [4.78, 5) is 30.7. The molecule has 0 bridgehead atoms. The summed E-state index contributed by atoms with van der Waals surface area (Å²) in [5.74, 6) is 0.0283. The van der Waals surface area contributed by atoms with Gasteiger partial charge >= 0.3 is 0 Å². The Morgan fingerprint density at radius 1 is 1.09 bits per heavy atom. The van der Waals surface area contributed by atoms with Crippen LogP contribution < -0.4 is 16.6 Å². The molecule has 0 unspecified atom stereocenters. The second-order valence-electron chi connectivity index (χ2n) is 7.63. The SMILES string of the molecule is N.N#Cc1c(N2CCN(C(=O)c3cccs3)CC2)c2ccccc2n(Cc2ccoc2)c1=O. The molecule has 0 radical (unpaired) electrons. The van der Waals surface area contributed by atoms with Gasteiger partial charge in [0.25, 0.3) is 11.5 Å². The molecule has 1 saturated heterocycles. The minimum atomic E-state index is -0.320. The van der Waals surface area contributed by atoms with Gasteiger partial charge < -0.3 is 24.9 Å². The third-order valence-electron chi connectivity index (χ3n) is 5.79. The van der Waals surface area contributed by atoms with Gasteiger partial charge in [0.1, 0.15) is 11.6 Å². The van der Waals surface area contributed by atoms with E-state index in [2.05, 4.69) is 11.0 Å². The van der Waals surface area contributed by atoms with E-state index in [9.17, 15) is 14.9 Å². The number of hydrogen-bond acceptors (Lipinski definition) is 7. The Balaban J connectivity index is 0.00000259. The first-order chi connectivity index (χ1) is 15.7. The van der Waals surface area contributed by atoms with Crippen LogP contribution in [-0.2, 0) is 6.54 Å². The molecule has 5 rings (SSSR count). The molecule has 3 N–H and O–H groups in total. The zero-order valence-electron chi connectivity index (χ0n) is 17.9. The Hall–Kier alpha value is -3.87. The van der Waals surface area contributed by atoms with Gasteiger partial charge in [-0.05, 0) is 23.6 Å². The number of pyridine rings is 1. The van der Waals surface area contributed by atoms with Gasteiger partial charge in [0, 0.05) is 37.1 Å². The lowest BCUT2D eigenvalue weighted by Gasteiger charge is -2.37. The van der Waals surface area contributed by atoms with E-state index in [1.54, 1.807) is 17.1 Å². The van der Waals surface area contributed by atoms with Crippen LogP contribution in [0.5, 0.6) is 0 Å². The number of fused-ring (bicyclic) bond motifs is 1. The lowest BCUT2D eigenvalue weighted by molar-refractivity contribution is 0.0751. The van der Waals surface area contributed by atoms with Crippen LogP contribution in [0.25, 0.3) is 10.9 Å². The highest BCUT2D eigenvalue weighted by Gasteiger charge is 2.27. The van der Waals surface area contributed by atoms with Crippen LogP contribution in [-0.4, -0.2) is 41.6 Å². The molecule has 4 aromatic rings. The molecule has 0 spiro atoms. The maximum absolute atomic E-state index is 13.4. The van der Waals surface area contributed by atoms with Crippen LogP contribution in [0.15, 0.2) is 69.6 Å². The molecule has 9 heteroatoms. The van der Waals surface area contributed by atoms with Crippen LogP contribution in [0.2, 0.25) is 0 Å². The second-order valence-corrected chi connectivity index (χ2v) is 8.58. The van der Waals surface area contributed by atoms with E-state index >= 15 is 0 Å². The third-order valence-corrected chi connectivity index (χ3v) is 6.65. The molecule has 1 aliphatic rings. The number of nitrogens with zero attached hydrogens (tertiary/aromatic N) is 4. The summed E-state index contributed by atoms with van der Waals surface area (Å²) in [5.41, 5.74) is 2.09. The van der Waals surface area contributed by atoms with Gasteiger partial charge in [-0.25, -0.2) is 0 Å². The summed E-state index contributed by atoms with van der Waals surface area (Å²) in [7, 11) is 0. The maximum Gasteiger partial charge on any atom is 0.271 e. The zero-order valence-corrected chi connectivity index (χ0v) is 18.8. The van der Waals surface area contributed by atoms with Crippen molar-refractivity contribution in [3.8, 4) is 6.07 Å². The van der Waals surface area contributed by atoms with E-state index in [1.807, 2.05) is 52.7 Å². The molecule has 0 saturated carbocycles. The Labute approximate surface area is 194 Å². The van der Waals surface area contributed by atoms with Gasteiger partial charge in [-0.1, -0.05) is 24.3 Å². The maximum atomic E-state index is 13.4. The average Bonchev–Trinajstić information content (AvgIpc) is 3.55. The van der Waals surface area contributed by atoms with Crippen LogP contribution >= 0.6 is 11.3 Å². The van der Waals surface area contributed by atoms with Crippen molar-refractivity contribution in [3.05, 3.63) is 86.7 Å². The summed E-state index contributed by atoms with van der Waals surface area (Å²) >= 11 is 1.44. The van der Waals surface area contributed by atoms with Gasteiger partial charge in [-0.3, -0.25) is 9.59 Å². The highest BCUT2D eigenvalue weighted by molar-refractivity contribution is 7.12. The summed E-state index contributed by atoms with van der Waals surface area (Å²) in [6.07, 6.45) is 3.17. The lowest BCUT2D eigenvalue weighted by atomic mass is 10.1. The van der Waals surface area contributed by atoms with E-state index in [-0.39, 0.29) is 23.2 Å². The number of amides is 1. The molecule has 33 heavy (non-hydrogen) atoms. The Kier molecular flexibility index (Phi) is 6.31. The summed E-state index contributed by atoms with van der Waals surface area (Å²) < 4.78 is 6.77. The van der Waals surface area contributed by atoms with Crippen molar-refractivity contribution in [2.45, 2.75) is 6.54 Å². The highest BCUT2D eigenvalue weighted by atomic mass is 32.1. The zero-order chi connectivity index (χ0) is 22.1. The first kappa shape index (κ1) is 22.3. The minimum Gasteiger partial charge on any atom is -0.472 e. The van der Waals surface area contributed by atoms with Gasteiger partial charge in [0.05, 0.1) is 35.2 Å². The Morgan fingerprint density at radius 2 is 1.88 bits per heavy atom. The molecule has 1 amide bonds. The van der Waals surface area contributed by atoms with Crippen molar-refractivity contribution < 1.29 is 9.21 Å². The van der Waals surface area contributed by atoms with Crippen LogP contribution in [0.1, 0.15) is 20.8 Å². The van der Waals surface area contributed by atoms with Crippen molar-refractivity contribution in [3.63, 3.8) is 0 Å². The van der Waals surface area contributed by atoms with Crippen molar-refractivity contribution in [1.29, 1.82) is 5.26 Å². The number of rotatable bonds is 4. The molecule has 0 aliphatic carbocycles. The number of thiophene rings is 1. The molecular weight excluding hydrogens is 438 g/mol. The predicted molar refractivity (Wildman–Crippen MR) is 128 cm³/mol. The summed E-state index contributed by atoms with van der Waals surface area (Å²) in [6.45, 7) is 2.51. The standard InChI is InChI=1S/C24H20N4O3S.H3N/c25-14-19-22(26-8-10-27(11-9-26)24(30)21-6-3-13-32-21)18-4-1-2-5-20(18)28(23(19)29)15-17-7-12-31-16-17;/h1-7,12-13,16H,8-11,15H2;1H3. The number of piperazine rings is 1. The fourth-order valence-electron chi connectivity index (χ4n) is 4.23. The largest absolute Gasteiger partial charge is 0.472 e. The third kappa shape index (κ3) is 4.02. The molecule has 3 aromatic heterocycles. The average molecular weight is 462 g/mol. The molecule has 168 valence electrons. The number of carbonyl (C=O) groups excluding carboxylic acids is 1. The number of aromatic nitrogens is 1. The number of hydrogen-bond donors (Lipinski definition) is 1.